The second-order valence-corrected chi connectivity index (χ2v) is 21.0. The van der Waals surface area contributed by atoms with Crippen LogP contribution in [0.1, 0.15) is 106 Å². The number of fused-ring (bicyclic) bond motifs is 3. The summed E-state index contributed by atoms with van der Waals surface area (Å²) in [4.78, 5) is 35.9. The summed E-state index contributed by atoms with van der Waals surface area (Å²) in [6, 6.07) is 27.7. The number of aliphatic hydroxyl groups is 2. The number of thioether (sulfide) groups is 1. The minimum atomic E-state index is -1.45. The maximum Gasteiger partial charge on any atom is 0.269 e. The van der Waals surface area contributed by atoms with Crippen LogP contribution < -0.4 is 18.9 Å². The molecule has 0 radical (unpaired) electrons. The zero-order valence-electron chi connectivity index (χ0n) is 41.7. The Morgan fingerprint density at radius 1 is 0.904 bits per heavy atom. The Morgan fingerprint density at radius 3 is 2.42 bits per heavy atom. The maximum absolute atomic E-state index is 15.4. The fraction of sp³-hybridized carbons (Fsp3) is 0.483. The van der Waals surface area contributed by atoms with E-state index in [0.717, 1.165) is 73.1 Å². The molecule has 0 spiro atoms. The summed E-state index contributed by atoms with van der Waals surface area (Å²) >= 11 is 1.74. The van der Waals surface area contributed by atoms with Crippen molar-refractivity contribution in [3.05, 3.63) is 142 Å². The van der Waals surface area contributed by atoms with E-state index in [2.05, 4.69) is 30.9 Å². The van der Waals surface area contributed by atoms with Crippen LogP contribution in [0.15, 0.2) is 125 Å². The molecule has 15 heteroatoms. The molecule has 5 aliphatic rings. The Morgan fingerprint density at radius 2 is 1.66 bits per heavy atom. The standard InChI is InChI=1S/C58H69N3O11S/c1-2-30-70-58-54(60(55(64)27-21-40-12-6-7-13-40)37-42-20-25-52-53(33-42)69-39-68-52)36-50(59-71-38-41-18-22-44(23-19-41)61(65)66)48-34-43(14-8-10-28-62)47(17-9-11-29-63)56(57(48)58)49-35-45(24-26-51(49)72-58)67-31-32-73-46-15-4-3-5-16-46/h2-5,15-16,18-20,22-26,33-35,40,43,47,54,56-57,62-63H,1,6-14,17,21,27-32,36-39H2/t43-,47+,54-,56+,57+,58+/m0/s1. The van der Waals surface area contributed by atoms with Gasteiger partial charge in [0.15, 0.2) is 11.5 Å². The molecule has 388 valence electrons. The van der Waals surface area contributed by atoms with E-state index in [1.807, 2.05) is 53.4 Å². The molecule has 2 aliphatic heterocycles. The van der Waals surface area contributed by atoms with E-state index in [-0.39, 0.29) is 75.5 Å². The number of hydrogen-bond acceptors (Lipinski definition) is 13. The first kappa shape index (κ1) is 52.0. The molecule has 0 saturated heterocycles. The number of hydrogen-bond donors (Lipinski definition) is 2. The van der Waals surface area contributed by atoms with Gasteiger partial charge in [-0.3, -0.25) is 14.9 Å². The Labute approximate surface area is 432 Å². The van der Waals surface area contributed by atoms with E-state index in [1.54, 1.807) is 30.0 Å². The van der Waals surface area contributed by atoms with E-state index in [0.29, 0.717) is 60.3 Å². The molecule has 73 heavy (non-hydrogen) atoms. The molecule has 2 N–H and O–H groups in total. The molecule has 0 unspecified atom stereocenters. The molecule has 2 fully saturated rings. The molecule has 4 aromatic rings. The SMILES string of the molecule is C=CCO[C@@]12Oc3ccc(OCCSc4ccccc4)cc3[C@H]3[C@H](CCCCO)[C@@H](CCCCO)C=C(C(=NOCc4ccc([N+](=O)[O-])cc4)C[C@@H]1N(Cc1ccc4c(c1)OCO4)C(=O)CCC1CCCC1)[C@H]32. The zero-order chi connectivity index (χ0) is 50.6. The third-order valence-corrected chi connectivity index (χ3v) is 16.3. The highest BCUT2D eigenvalue weighted by Gasteiger charge is 2.65. The number of nitrogens with zero attached hydrogens (tertiary/aromatic N) is 3. The van der Waals surface area contributed by atoms with E-state index >= 15 is 4.79 Å². The van der Waals surface area contributed by atoms with Gasteiger partial charge in [0.2, 0.25) is 18.5 Å². The number of benzene rings is 4. The first-order chi connectivity index (χ1) is 35.8. The van der Waals surface area contributed by atoms with Gasteiger partial charge >= 0.3 is 0 Å². The lowest BCUT2D eigenvalue weighted by atomic mass is 9.55. The number of carbonyl (C=O) groups is 1. The summed E-state index contributed by atoms with van der Waals surface area (Å²) in [5.74, 6) is 1.71. The highest BCUT2D eigenvalue weighted by atomic mass is 32.2. The molecule has 3 aliphatic carbocycles. The maximum atomic E-state index is 15.4. The Balaban J connectivity index is 1.18. The third kappa shape index (κ3) is 12.2. The number of nitro benzene ring substituents is 1. The van der Waals surface area contributed by atoms with Gasteiger partial charge < -0.3 is 43.6 Å². The van der Waals surface area contributed by atoms with Crippen molar-refractivity contribution >= 4 is 29.1 Å². The first-order valence-corrected chi connectivity index (χ1v) is 27.2. The fourth-order valence-electron chi connectivity index (χ4n) is 11.9. The van der Waals surface area contributed by atoms with Crippen molar-refractivity contribution in [1.82, 2.24) is 4.90 Å². The highest BCUT2D eigenvalue weighted by molar-refractivity contribution is 7.99. The number of amides is 1. The number of aliphatic hydroxyl groups excluding tert-OH is 2. The summed E-state index contributed by atoms with van der Waals surface area (Å²) in [5, 5.41) is 36.7. The summed E-state index contributed by atoms with van der Waals surface area (Å²) in [7, 11) is 0. The number of unbranched alkanes of at least 4 members (excludes halogenated alkanes) is 2. The van der Waals surface area contributed by atoms with Crippen LogP contribution in [-0.4, -0.2) is 82.5 Å². The van der Waals surface area contributed by atoms with E-state index < -0.39 is 22.7 Å². The van der Waals surface area contributed by atoms with Gasteiger partial charge in [-0.2, -0.15) is 0 Å². The lowest BCUT2D eigenvalue weighted by Gasteiger charge is -2.60. The summed E-state index contributed by atoms with van der Waals surface area (Å²) in [6.07, 6.45) is 14.4. The van der Waals surface area contributed by atoms with Crippen molar-refractivity contribution in [1.29, 1.82) is 0 Å². The topological polar surface area (TPSA) is 172 Å². The Kier molecular flexibility index (Phi) is 17.7. The molecule has 9 rings (SSSR count). The van der Waals surface area contributed by atoms with Crippen LogP contribution in [0.5, 0.6) is 23.0 Å². The van der Waals surface area contributed by atoms with Gasteiger partial charge in [-0.05, 0) is 121 Å². The lowest BCUT2D eigenvalue weighted by molar-refractivity contribution is -0.384. The van der Waals surface area contributed by atoms with Gasteiger partial charge in [-0.15, -0.1) is 18.3 Å². The van der Waals surface area contributed by atoms with Gasteiger partial charge in [-0.1, -0.05) is 80.1 Å². The summed E-state index contributed by atoms with van der Waals surface area (Å²) in [6.45, 7) is 5.29. The highest BCUT2D eigenvalue weighted by Crippen LogP contribution is 2.62. The molecule has 0 aromatic heterocycles. The minimum absolute atomic E-state index is 0.0161. The normalized spacial score (nSPS) is 23.2. The number of non-ortho nitro benzene ring substituents is 1. The Hall–Kier alpha value is -5.87. The minimum Gasteiger partial charge on any atom is -0.493 e. The van der Waals surface area contributed by atoms with Crippen LogP contribution in [-0.2, 0) is 27.5 Å². The largest absolute Gasteiger partial charge is 0.493 e. The second-order valence-electron chi connectivity index (χ2n) is 19.9. The van der Waals surface area contributed by atoms with Gasteiger partial charge in [0.25, 0.3) is 5.69 Å². The number of carbonyl (C=O) groups excluding carboxylic acids is 1. The second kappa shape index (κ2) is 24.9. The van der Waals surface area contributed by atoms with Crippen LogP contribution in [0.4, 0.5) is 5.69 Å². The average molecular weight is 1020 g/mol. The van der Waals surface area contributed by atoms with Gasteiger partial charge in [-0.25, -0.2) is 0 Å². The quantitative estimate of drug-likeness (QED) is 0.0201. The molecular weight excluding hydrogens is 947 g/mol. The van der Waals surface area contributed by atoms with E-state index in [1.165, 1.54) is 29.9 Å². The molecule has 2 saturated carbocycles. The molecular formula is C58H69N3O11S. The molecule has 0 bridgehead atoms. The van der Waals surface area contributed by atoms with Gasteiger partial charge in [0.1, 0.15) is 24.1 Å². The third-order valence-electron chi connectivity index (χ3n) is 15.3. The molecule has 6 atom stereocenters. The van der Waals surface area contributed by atoms with Crippen LogP contribution in [0.3, 0.4) is 0 Å². The fourth-order valence-corrected chi connectivity index (χ4v) is 12.6. The van der Waals surface area contributed by atoms with Crippen LogP contribution >= 0.6 is 11.8 Å². The van der Waals surface area contributed by atoms with Crippen molar-refractivity contribution < 1.29 is 48.5 Å². The number of ether oxygens (including phenoxy) is 5. The van der Waals surface area contributed by atoms with Crippen LogP contribution in [0.25, 0.3) is 0 Å². The Bertz CT molecular complexity index is 2570. The van der Waals surface area contributed by atoms with Crippen molar-refractivity contribution in [2.24, 2.45) is 28.8 Å². The average Bonchev–Trinajstić information content (AvgIpc) is 4.12. The number of oxime groups is 1. The molecule has 1 amide bonds. The number of nitro groups is 1. The van der Waals surface area contributed by atoms with Crippen molar-refractivity contribution in [3.63, 3.8) is 0 Å². The predicted octanol–water partition coefficient (Wildman–Crippen LogP) is 11.3. The molecule has 4 aromatic carbocycles. The summed E-state index contributed by atoms with van der Waals surface area (Å²) in [5.41, 5.74) is 4.11. The predicted molar refractivity (Wildman–Crippen MR) is 280 cm³/mol. The van der Waals surface area contributed by atoms with Crippen LogP contribution in [0, 0.1) is 33.8 Å². The number of allylic oxidation sites excluding steroid dienone is 1. The van der Waals surface area contributed by atoms with Crippen LogP contribution in [0.2, 0.25) is 0 Å². The zero-order valence-corrected chi connectivity index (χ0v) is 42.5. The van der Waals surface area contributed by atoms with Crippen molar-refractivity contribution in [3.8, 4) is 23.0 Å². The van der Waals surface area contributed by atoms with Crippen molar-refractivity contribution in [2.45, 2.75) is 119 Å². The number of rotatable bonds is 26. The van der Waals surface area contributed by atoms with E-state index in [4.69, 9.17) is 33.7 Å². The van der Waals surface area contributed by atoms with Gasteiger partial charge in [0.05, 0.1) is 29.8 Å². The summed E-state index contributed by atoms with van der Waals surface area (Å²) < 4.78 is 33.0. The smallest absolute Gasteiger partial charge is 0.269 e. The monoisotopic (exact) mass is 1020 g/mol. The van der Waals surface area contributed by atoms with Crippen molar-refractivity contribution in [2.75, 3.05) is 39.0 Å². The lowest BCUT2D eigenvalue weighted by Crippen LogP contribution is -2.70. The first-order valence-electron chi connectivity index (χ1n) is 26.2. The molecule has 14 nitrogen and oxygen atoms in total. The van der Waals surface area contributed by atoms with Gasteiger partial charge in [0, 0.05) is 66.9 Å². The molecule has 2 heterocycles. The van der Waals surface area contributed by atoms with E-state index in [9.17, 15) is 20.3 Å².